The van der Waals surface area contributed by atoms with Crippen molar-refractivity contribution in [3.05, 3.63) is 29.8 Å². The van der Waals surface area contributed by atoms with Crippen molar-refractivity contribution in [1.82, 2.24) is 4.90 Å². The van der Waals surface area contributed by atoms with Crippen molar-refractivity contribution >= 4 is 11.9 Å². The topological polar surface area (TPSA) is 76.1 Å². The van der Waals surface area contributed by atoms with E-state index in [0.717, 1.165) is 5.56 Å². The van der Waals surface area contributed by atoms with E-state index in [9.17, 15) is 14.7 Å². The molecule has 0 saturated carbocycles. The van der Waals surface area contributed by atoms with Crippen molar-refractivity contribution in [3.8, 4) is 5.75 Å². The van der Waals surface area contributed by atoms with E-state index in [2.05, 4.69) is 0 Å². The second kappa shape index (κ2) is 5.92. The lowest BCUT2D eigenvalue weighted by atomic mass is 9.99. The van der Waals surface area contributed by atoms with Crippen molar-refractivity contribution < 1.29 is 24.2 Å². The highest BCUT2D eigenvalue weighted by Gasteiger charge is 2.39. The maximum Gasteiger partial charge on any atom is 0.329 e. The van der Waals surface area contributed by atoms with Gasteiger partial charge in [-0.2, -0.15) is 0 Å². The zero-order valence-corrected chi connectivity index (χ0v) is 11.4. The number of hydrogen-bond donors (Lipinski definition) is 1. The molecule has 108 valence electrons. The lowest BCUT2D eigenvalue weighted by Crippen LogP contribution is -2.57. The third-order valence-corrected chi connectivity index (χ3v) is 3.45. The van der Waals surface area contributed by atoms with Gasteiger partial charge in [0.05, 0.1) is 13.2 Å². The summed E-state index contributed by atoms with van der Waals surface area (Å²) in [6, 6.07) is 6.38. The van der Waals surface area contributed by atoms with Gasteiger partial charge in [-0.1, -0.05) is 18.2 Å². The Labute approximate surface area is 116 Å². The zero-order valence-electron chi connectivity index (χ0n) is 11.4. The fourth-order valence-electron chi connectivity index (χ4n) is 2.36. The van der Waals surface area contributed by atoms with Gasteiger partial charge in [-0.25, -0.2) is 4.79 Å². The zero-order chi connectivity index (χ0) is 14.7. The van der Waals surface area contributed by atoms with Crippen LogP contribution in [0.4, 0.5) is 0 Å². The molecule has 1 heterocycles. The van der Waals surface area contributed by atoms with Crippen LogP contribution in [-0.2, 0) is 20.7 Å². The maximum atomic E-state index is 11.5. The first-order chi connectivity index (χ1) is 9.54. The van der Waals surface area contributed by atoms with E-state index in [1.807, 2.05) is 24.3 Å². The molecule has 20 heavy (non-hydrogen) atoms. The smallest absolute Gasteiger partial charge is 0.329 e. The summed E-state index contributed by atoms with van der Waals surface area (Å²) in [6.07, 6.45) is -0.218. The summed E-state index contributed by atoms with van der Waals surface area (Å²) in [7, 11) is 3.05. The molecule has 6 nitrogen and oxygen atoms in total. The Kier molecular flexibility index (Phi) is 4.24. The Morgan fingerprint density at radius 3 is 2.85 bits per heavy atom. The average molecular weight is 279 g/mol. The minimum Gasteiger partial charge on any atom is -0.496 e. The summed E-state index contributed by atoms with van der Waals surface area (Å²) in [4.78, 5) is 24.1. The molecule has 1 fully saturated rings. The molecule has 0 aromatic heterocycles. The van der Waals surface area contributed by atoms with Crippen molar-refractivity contribution in [2.24, 2.45) is 0 Å². The summed E-state index contributed by atoms with van der Waals surface area (Å²) in [5.41, 5.74) is 0.856. The number of ether oxygens (including phenoxy) is 2. The quantitative estimate of drug-likeness (QED) is 0.871. The van der Waals surface area contributed by atoms with E-state index in [0.29, 0.717) is 12.2 Å². The van der Waals surface area contributed by atoms with Gasteiger partial charge in [-0.05, 0) is 11.6 Å². The summed E-state index contributed by atoms with van der Waals surface area (Å²) in [5, 5.41) is 9.30. The Morgan fingerprint density at radius 2 is 2.20 bits per heavy atom. The van der Waals surface area contributed by atoms with Crippen LogP contribution in [0.15, 0.2) is 24.3 Å². The number of carbonyl (C=O) groups excluding carboxylic acids is 1. The highest BCUT2D eigenvalue weighted by molar-refractivity contribution is 5.85. The summed E-state index contributed by atoms with van der Waals surface area (Å²) >= 11 is 0. The van der Waals surface area contributed by atoms with Crippen LogP contribution in [0.25, 0.3) is 0 Å². The Bertz CT molecular complexity index is 516. The number of carboxylic acid groups (broad SMARTS) is 1. The second-order valence-electron chi connectivity index (χ2n) is 4.65. The standard InChI is InChI=1S/C14H17NO5/c1-15-12(16)8-20-11(13(15)14(17)18)7-9-5-3-4-6-10(9)19-2/h3-6,11,13H,7-8H2,1-2H3,(H,17,18). The fraction of sp³-hybridized carbons (Fsp3) is 0.429. The van der Waals surface area contributed by atoms with Gasteiger partial charge in [0, 0.05) is 13.5 Å². The number of para-hydroxylation sites is 1. The number of carboxylic acids is 1. The molecule has 1 aromatic carbocycles. The molecule has 1 aliphatic heterocycles. The molecule has 0 aliphatic carbocycles. The van der Waals surface area contributed by atoms with E-state index in [4.69, 9.17) is 9.47 Å². The van der Waals surface area contributed by atoms with Crippen molar-refractivity contribution in [2.45, 2.75) is 18.6 Å². The molecule has 2 atom stereocenters. The molecule has 2 unspecified atom stereocenters. The van der Waals surface area contributed by atoms with E-state index < -0.39 is 18.1 Å². The molecule has 1 N–H and O–H groups in total. The van der Waals surface area contributed by atoms with Crippen LogP contribution in [-0.4, -0.2) is 54.8 Å². The monoisotopic (exact) mass is 279 g/mol. The molecule has 1 aliphatic rings. The van der Waals surface area contributed by atoms with Crippen LogP contribution in [0.5, 0.6) is 5.75 Å². The van der Waals surface area contributed by atoms with Crippen LogP contribution in [0.3, 0.4) is 0 Å². The maximum absolute atomic E-state index is 11.5. The molecule has 1 saturated heterocycles. The SMILES string of the molecule is COc1ccccc1CC1OCC(=O)N(C)C1C(=O)O. The molecule has 1 amide bonds. The van der Waals surface area contributed by atoms with Crippen molar-refractivity contribution in [1.29, 1.82) is 0 Å². The molecule has 0 radical (unpaired) electrons. The van der Waals surface area contributed by atoms with Crippen molar-refractivity contribution in [2.75, 3.05) is 20.8 Å². The number of benzene rings is 1. The summed E-state index contributed by atoms with van der Waals surface area (Å²) in [5.74, 6) is -0.714. The number of nitrogens with zero attached hydrogens (tertiary/aromatic N) is 1. The number of morpholine rings is 1. The Hall–Kier alpha value is -2.08. The number of rotatable bonds is 4. The van der Waals surface area contributed by atoms with Gasteiger partial charge in [-0.3, -0.25) is 4.79 Å². The predicted octanol–water partition coefficient (Wildman–Crippen LogP) is 0.548. The number of amides is 1. The molecule has 0 bridgehead atoms. The van der Waals surface area contributed by atoms with E-state index in [-0.39, 0.29) is 12.5 Å². The number of hydrogen-bond acceptors (Lipinski definition) is 4. The van der Waals surface area contributed by atoms with E-state index in [1.165, 1.54) is 11.9 Å². The van der Waals surface area contributed by atoms with E-state index in [1.54, 1.807) is 7.11 Å². The van der Waals surface area contributed by atoms with Gasteiger partial charge in [0.1, 0.15) is 12.4 Å². The minimum absolute atomic E-state index is 0.0971. The van der Waals surface area contributed by atoms with Gasteiger partial charge in [0.25, 0.3) is 0 Å². The number of likely N-dealkylation sites (N-methyl/N-ethyl adjacent to an activating group) is 1. The van der Waals surface area contributed by atoms with Crippen LogP contribution in [0, 0.1) is 0 Å². The molecule has 2 rings (SSSR count). The Balaban J connectivity index is 2.22. The largest absolute Gasteiger partial charge is 0.496 e. The van der Waals surface area contributed by atoms with Gasteiger partial charge in [-0.15, -0.1) is 0 Å². The highest BCUT2D eigenvalue weighted by Crippen LogP contribution is 2.24. The predicted molar refractivity (Wildman–Crippen MR) is 70.6 cm³/mol. The molecule has 0 spiro atoms. The first-order valence-corrected chi connectivity index (χ1v) is 6.26. The Morgan fingerprint density at radius 1 is 1.50 bits per heavy atom. The van der Waals surface area contributed by atoms with Crippen molar-refractivity contribution in [3.63, 3.8) is 0 Å². The van der Waals surface area contributed by atoms with Gasteiger partial charge < -0.3 is 19.5 Å². The van der Waals surface area contributed by atoms with Crippen LogP contribution >= 0.6 is 0 Å². The minimum atomic E-state index is -1.07. The van der Waals surface area contributed by atoms with Crippen LogP contribution in [0.2, 0.25) is 0 Å². The molecular weight excluding hydrogens is 262 g/mol. The third-order valence-electron chi connectivity index (χ3n) is 3.45. The lowest BCUT2D eigenvalue weighted by molar-refractivity contribution is -0.169. The first-order valence-electron chi connectivity index (χ1n) is 6.26. The summed E-state index contributed by atoms with van der Waals surface area (Å²) < 4.78 is 10.7. The number of carbonyl (C=O) groups is 2. The number of aliphatic carboxylic acids is 1. The van der Waals surface area contributed by atoms with Gasteiger partial charge in [0.2, 0.25) is 5.91 Å². The van der Waals surface area contributed by atoms with Crippen LogP contribution in [0.1, 0.15) is 5.56 Å². The fourth-order valence-corrected chi connectivity index (χ4v) is 2.36. The highest BCUT2D eigenvalue weighted by atomic mass is 16.5. The average Bonchev–Trinajstić information content (AvgIpc) is 2.43. The van der Waals surface area contributed by atoms with Gasteiger partial charge >= 0.3 is 5.97 Å². The number of methoxy groups -OCH3 is 1. The lowest BCUT2D eigenvalue weighted by Gasteiger charge is -2.36. The molecular formula is C14H17NO5. The van der Waals surface area contributed by atoms with E-state index >= 15 is 0 Å². The first kappa shape index (κ1) is 14.3. The summed E-state index contributed by atoms with van der Waals surface area (Å²) in [6.45, 7) is -0.0971. The molecule has 6 heteroatoms. The third kappa shape index (κ3) is 2.75. The van der Waals surface area contributed by atoms with Gasteiger partial charge in [0.15, 0.2) is 6.04 Å². The normalized spacial score (nSPS) is 22.7. The second-order valence-corrected chi connectivity index (χ2v) is 4.65. The van der Waals surface area contributed by atoms with Crippen LogP contribution < -0.4 is 4.74 Å². The molecule has 1 aromatic rings.